The minimum absolute atomic E-state index is 0.624. The highest BCUT2D eigenvalue weighted by atomic mass is 32.2. The Bertz CT molecular complexity index is 305. The third-order valence-electron chi connectivity index (χ3n) is 5.18. The van der Waals surface area contributed by atoms with Gasteiger partial charge < -0.3 is 5.32 Å². The summed E-state index contributed by atoms with van der Waals surface area (Å²) in [4.78, 5) is 2.61. The SMILES string of the molecule is CCC1CNC(C2CCCCC2)CN1CCS(=O)CC. The zero-order valence-corrected chi connectivity index (χ0v) is 14.1. The number of hydrogen-bond acceptors (Lipinski definition) is 3. The fourth-order valence-electron chi connectivity index (χ4n) is 3.77. The van der Waals surface area contributed by atoms with Crippen molar-refractivity contribution in [3.05, 3.63) is 0 Å². The van der Waals surface area contributed by atoms with Crippen molar-refractivity contribution in [3.63, 3.8) is 0 Å². The first-order chi connectivity index (χ1) is 9.74. The Morgan fingerprint density at radius 2 is 1.95 bits per heavy atom. The molecule has 3 nitrogen and oxygen atoms in total. The predicted molar refractivity (Wildman–Crippen MR) is 87.6 cm³/mol. The molecule has 1 saturated carbocycles. The molecule has 0 aromatic rings. The molecule has 0 spiro atoms. The summed E-state index contributed by atoms with van der Waals surface area (Å²) in [6.07, 6.45) is 8.27. The van der Waals surface area contributed by atoms with E-state index in [1.54, 1.807) is 0 Å². The molecule has 1 N–H and O–H groups in total. The maximum absolute atomic E-state index is 11.7. The Kier molecular flexibility index (Phi) is 6.99. The Morgan fingerprint density at radius 3 is 2.60 bits per heavy atom. The standard InChI is InChI=1S/C16H32N2OS/c1-3-15-12-17-16(14-8-6-5-7-9-14)13-18(15)10-11-20(19)4-2/h14-17H,3-13H2,1-2H3. The highest BCUT2D eigenvalue weighted by molar-refractivity contribution is 7.84. The van der Waals surface area contributed by atoms with E-state index in [4.69, 9.17) is 0 Å². The molecule has 3 atom stereocenters. The molecule has 1 aliphatic carbocycles. The number of hydrogen-bond donors (Lipinski definition) is 1. The molecule has 20 heavy (non-hydrogen) atoms. The molecule has 0 aromatic heterocycles. The van der Waals surface area contributed by atoms with Crippen molar-refractivity contribution < 1.29 is 4.21 Å². The van der Waals surface area contributed by atoms with Crippen LogP contribution in [-0.4, -0.2) is 52.3 Å². The van der Waals surface area contributed by atoms with E-state index < -0.39 is 10.8 Å². The quantitative estimate of drug-likeness (QED) is 0.817. The minimum atomic E-state index is -0.624. The van der Waals surface area contributed by atoms with Crippen LogP contribution in [-0.2, 0) is 10.8 Å². The molecule has 0 aromatic carbocycles. The maximum atomic E-state index is 11.7. The molecule has 1 aliphatic heterocycles. The predicted octanol–water partition coefficient (Wildman–Crippen LogP) is 2.39. The highest BCUT2D eigenvalue weighted by Gasteiger charge is 2.31. The smallest absolute Gasteiger partial charge is 0.0362 e. The van der Waals surface area contributed by atoms with Crippen molar-refractivity contribution in [2.45, 2.75) is 64.5 Å². The second-order valence-electron chi connectivity index (χ2n) is 6.40. The number of piperazine rings is 1. The lowest BCUT2D eigenvalue weighted by molar-refractivity contribution is 0.0995. The zero-order valence-electron chi connectivity index (χ0n) is 13.3. The number of nitrogens with one attached hydrogen (secondary N) is 1. The molecule has 0 radical (unpaired) electrons. The lowest BCUT2D eigenvalue weighted by Gasteiger charge is -2.43. The molecule has 3 unspecified atom stereocenters. The molecule has 1 heterocycles. The number of rotatable bonds is 6. The summed E-state index contributed by atoms with van der Waals surface area (Å²) in [5.74, 6) is 2.53. The van der Waals surface area contributed by atoms with Gasteiger partial charge in [-0.3, -0.25) is 9.11 Å². The van der Waals surface area contributed by atoms with E-state index >= 15 is 0 Å². The maximum Gasteiger partial charge on any atom is 0.0362 e. The lowest BCUT2D eigenvalue weighted by atomic mass is 9.82. The van der Waals surface area contributed by atoms with E-state index in [1.807, 2.05) is 6.92 Å². The molecule has 118 valence electrons. The molecule has 2 fully saturated rings. The normalized spacial score (nSPS) is 31.3. The first-order valence-corrected chi connectivity index (χ1v) is 10.1. The van der Waals surface area contributed by atoms with Crippen LogP contribution in [0.25, 0.3) is 0 Å². The second kappa shape index (κ2) is 8.50. The average molecular weight is 301 g/mol. The van der Waals surface area contributed by atoms with Crippen LogP contribution in [0.5, 0.6) is 0 Å². The first kappa shape index (κ1) is 16.4. The summed E-state index contributed by atoms with van der Waals surface area (Å²) >= 11 is 0. The van der Waals surface area contributed by atoms with E-state index in [1.165, 1.54) is 45.1 Å². The summed E-state index contributed by atoms with van der Waals surface area (Å²) in [7, 11) is -0.624. The molecular weight excluding hydrogens is 268 g/mol. The van der Waals surface area contributed by atoms with Gasteiger partial charge in [-0.05, 0) is 25.2 Å². The topological polar surface area (TPSA) is 32.3 Å². The van der Waals surface area contributed by atoms with Gasteiger partial charge in [0, 0.05) is 54.0 Å². The monoisotopic (exact) mass is 300 g/mol. The summed E-state index contributed by atoms with van der Waals surface area (Å²) < 4.78 is 11.7. The molecule has 0 amide bonds. The zero-order chi connectivity index (χ0) is 14.4. The van der Waals surface area contributed by atoms with Gasteiger partial charge in [-0.2, -0.15) is 0 Å². The summed E-state index contributed by atoms with van der Waals surface area (Å²) in [5.41, 5.74) is 0. The number of nitrogens with zero attached hydrogens (tertiary/aromatic N) is 1. The third kappa shape index (κ3) is 4.54. The van der Waals surface area contributed by atoms with Gasteiger partial charge in [0.2, 0.25) is 0 Å². The van der Waals surface area contributed by atoms with Crippen LogP contribution < -0.4 is 5.32 Å². The van der Waals surface area contributed by atoms with Crippen molar-refractivity contribution in [3.8, 4) is 0 Å². The summed E-state index contributed by atoms with van der Waals surface area (Å²) in [6, 6.07) is 1.32. The fourth-order valence-corrected chi connectivity index (χ4v) is 4.50. The van der Waals surface area contributed by atoms with Gasteiger partial charge >= 0.3 is 0 Å². The van der Waals surface area contributed by atoms with Crippen LogP contribution in [0, 0.1) is 5.92 Å². The van der Waals surface area contributed by atoms with Gasteiger partial charge in [0.25, 0.3) is 0 Å². The average Bonchev–Trinajstić information content (AvgIpc) is 2.53. The van der Waals surface area contributed by atoms with Gasteiger partial charge in [-0.15, -0.1) is 0 Å². The van der Waals surface area contributed by atoms with Crippen LogP contribution in [0.15, 0.2) is 0 Å². The lowest BCUT2D eigenvalue weighted by Crippen LogP contribution is -2.59. The Hall–Kier alpha value is 0.0700. The van der Waals surface area contributed by atoms with Crippen LogP contribution >= 0.6 is 0 Å². The molecule has 4 heteroatoms. The largest absolute Gasteiger partial charge is 0.311 e. The van der Waals surface area contributed by atoms with Crippen molar-refractivity contribution in [1.82, 2.24) is 10.2 Å². The van der Waals surface area contributed by atoms with E-state index in [9.17, 15) is 4.21 Å². The van der Waals surface area contributed by atoms with Gasteiger partial charge in [0.1, 0.15) is 0 Å². The highest BCUT2D eigenvalue weighted by Crippen LogP contribution is 2.28. The Labute approximate surface area is 127 Å². The Morgan fingerprint density at radius 1 is 1.20 bits per heavy atom. The molecule has 0 bridgehead atoms. The van der Waals surface area contributed by atoms with Gasteiger partial charge in [-0.25, -0.2) is 0 Å². The molecule has 2 aliphatic rings. The van der Waals surface area contributed by atoms with E-state index in [0.717, 1.165) is 30.5 Å². The third-order valence-corrected chi connectivity index (χ3v) is 6.46. The van der Waals surface area contributed by atoms with Crippen LogP contribution in [0.1, 0.15) is 52.4 Å². The van der Waals surface area contributed by atoms with Crippen molar-refractivity contribution in [2.24, 2.45) is 5.92 Å². The Balaban J connectivity index is 1.87. The van der Waals surface area contributed by atoms with Crippen LogP contribution in [0.3, 0.4) is 0 Å². The van der Waals surface area contributed by atoms with Crippen molar-refractivity contribution >= 4 is 10.8 Å². The van der Waals surface area contributed by atoms with E-state index in [2.05, 4.69) is 17.1 Å². The fraction of sp³-hybridized carbons (Fsp3) is 1.00. The minimum Gasteiger partial charge on any atom is -0.311 e. The van der Waals surface area contributed by atoms with Crippen molar-refractivity contribution in [2.75, 3.05) is 31.1 Å². The van der Waals surface area contributed by atoms with Gasteiger partial charge in [0.15, 0.2) is 0 Å². The summed E-state index contributed by atoms with van der Waals surface area (Å²) in [6.45, 7) is 7.61. The van der Waals surface area contributed by atoms with E-state index in [-0.39, 0.29) is 0 Å². The van der Waals surface area contributed by atoms with E-state index in [0.29, 0.717) is 12.1 Å². The van der Waals surface area contributed by atoms with Gasteiger partial charge in [-0.1, -0.05) is 33.1 Å². The first-order valence-electron chi connectivity index (χ1n) is 8.57. The molecular formula is C16H32N2OS. The molecule has 2 rings (SSSR count). The van der Waals surface area contributed by atoms with Crippen molar-refractivity contribution in [1.29, 1.82) is 0 Å². The van der Waals surface area contributed by atoms with Crippen LogP contribution in [0.4, 0.5) is 0 Å². The summed E-state index contributed by atoms with van der Waals surface area (Å²) in [5, 5.41) is 3.80. The van der Waals surface area contributed by atoms with Crippen LogP contribution in [0.2, 0.25) is 0 Å². The molecule has 1 saturated heterocycles. The second-order valence-corrected chi connectivity index (χ2v) is 8.27. The van der Waals surface area contributed by atoms with Gasteiger partial charge in [0.05, 0.1) is 0 Å².